The van der Waals surface area contributed by atoms with E-state index in [1.807, 2.05) is 54.6 Å². The molecule has 3 aromatic carbocycles. The first-order valence-electron chi connectivity index (χ1n) is 7.26. The molecular formula is C19H15NO2. The quantitative estimate of drug-likeness (QED) is 0.405. The molecule has 0 bridgehead atoms. The summed E-state index contributed by atoms with van der Waals surface area (Å²) in [6.45, 7) is 0.268. The maximum absolute atomic E-state index is 12.5. The van der Waals surface area contributed by atoms with Crippen LogP contribution in [-0.2, 0) is 4.74 Å². The molecule has 0 atom stereocenters. The first-order chi connectivity index (χ1) is 10.8. The summed E-state index contributed by atoms with van der Waals surface area (Å²) in [6, 6.07) is 19.7. The molecule has 0 saturated heterocycles. The van der Waals surface area contributed by atoms with Crippen LogP contribution in [-0.4, -0.2) is 12.6 Å². The van der Waals surface area contributed by atoms with Crippen LogP contribution in [0, 0.1) is 11.3 Å². The van der Waals surface area contributed by atoms with E-state index in [0.717, 1.165) is 21.5 Å². The minimum absolute atomic E-state index is 0.268. The number of nitrogens with zero attached hydrogens (tertiary/aromatic N) is 1. The van der Waals surface area contributed by atoms with Crippen molar-refractivity contribution in [2.24, 2.45) is 0 Å². The molecule has 0 aliphatic heterocycles. The van der Waals surface area contributed by atoms with Crippen LogP contribution >= 0.6 is 0 Å². The zero-order valence-electron chi connectivity index (χ0n) is 12.1. The molecule has 0 N–H and O–H groups in total. The largest absolute Gasteiger partial charge is 0.462 e. The van der Waals surface area contributed by atoms with E-state index < -0.39 is 0 Å². The molecule has 0 aromatic heterocycles. The SMILES string of the molecule is N#CCCCOC(=O)c1c2ccccc2cc2ccccc12. The van der Waals surface area contributed by atoms with Crippen molar-refractivity contribution in [2.75, 3.05) is 6.61 Å². The number of unbranched alkanes of at least 4 members (excludes halogenated alkanes) is 1. The molecule has 22 heavy (non-hydrogen) atoms. The Labute approximate surface area is 128 Å². The lowest BCUT2D eigenvalue weighted by Crippen LogP contribution is -2.08. The molecule has 3 heteroatoms. The number of hydrogen-bond acceptors (Lipinski definition) is 3. The van der Waals surface area contributed by atoms with Crippen LogP contribution in [0.25, 0.3) is 21.5 Å². The fourth-order valence-electron chi connectivity index (χ4n) is 2.62. The number of ether oxygens (including phenoxy) is 1. The maximum atomic E-state index is 12.5. The highest BCUT2D eigenvalue weighted by atomic mass is 16.5. The number of nitriles is 1. The highest BCUT2D eigenvalue weighted by molar-refractivity contribution is 6.16. The minimum atomic E-state index is -0.328. The predicted molar refractivity (Wildman–Crippen MR) is 86.6 cm³/mol. The van der Waals surface area contributed by atoms with E-state index in [9.17, 15) is 4.79 Å². The second-order valence-corrected chi connectivity index (χ2v) is 5.09. The summed E-state index contributed by atoms with van der Waals surface area (Å²) in [5, 5.41) is 12.4. The molecule has 0 heterocycles. The van der Waals surface area contributed by atoms with Gasteiger partial charge in [-0.3, -0.25) is 0 Å². The fourth-order valence-corrected chi connectivity index (χ4v) is 2.62. The van der Waals surface area contributed by atoms with Gasteiger partial charge in [-0.2, -0.15) is 5.26 Å². The predicted octanol–water partition coefficient (Wildman–Crippen LogP) is 4.45. The second-order valence-electron chi connectivity index (χ2n) is 5.09. The Morgan fingerprint density at radius 2 is 1.59 bits per heavy atom. The number of hydrogen-bond donors (Lipinski definition) is 0. The van der Waals surface area contributed by atoms with E-state index in [4.69, 9.17) is 10.00 Å². The highest BCUT2D eigenvalue weighted by Crippen LogP contribution is 2.29. The summed E-state index contributed by atoms with van der Waals surface area (Å²) >= 11 is 0. The summed E-state index contributed by atoms with van der Waals surface area (Å²) in [5.41, 5.74) is 0.602. The lowest BCUT2D eigenvalue weighted by Gasteiger charge is -2.11. The molecule has 3 nitrogen and oxygen atoms in total. The first-order valence-corrected chi connectivity index (χ1v) is 7.26. The van der Waals surface area contributed by atoms with Crippen molar-refractivity contribution < 1.29 is 9.53 Å². The van der Waals surface area contributed by atoms with Gasteiger partial charge in [0, 0.05) is 6.42 Å². The van der Waals surface area contributed by atoms with E-state index in [1.54, 1.807) is 0 Å². The molecule has 3 rings (SSSR count). The van der Waals surface area contributed by atoms with Gasteiger partial charge < -0.3 is 4.74 Å². The normalized spacial score (nSPS) is 10.5. The van der Waals surface area contributed by atoms with Gasteiger partial charge in [0.15, 0.2) is 0 Å². The van der Waals surface area contributed by atoms with E-state index in [-0.39, 0.29) is 12.6 Å². The molecule has 0 aliphatic rings. The summed E-state index contributed by atoms with van der Waals surface area (Å²) in [6.07, 6.45) is 0.953. The Bertz CT molecular complexity index is 823. The highest BCUT2D eigenvalue weighted by Gasteiger charge is 2.15. The van der Waals surface area contributed by atoms with Gasteiger partial charge in [-0.25, -0.2) is 4.79 Å². The number of rotatable bonds is 4. The average molecular weight is 289 g/mol. The van der Waals surface area contributed by atoms with Gasteiger partial charge in [0.1, 0.15) is 0 Å². The van der Waals surface area contributed by atoms with E-state index in [0.29, 0.717) is 18.4 Å². The van der Waals surface area contributed by atoms with Crippen molar-refractivity contribution in [3.8, 4) is 6.07 Å². The van der Waals surface area contributed by atoms with E-state index in [1.165, 1.54) is 0 Å². The standard InChI is InChI=1S/C19H15NO2/c20-11-5-6-12-22-19(21)18-16-9-3-1-7-14(16)13-15-8-2-4-10-17(15)18/h1-4,7-10,13H,5-6,12H2. The summed E-state index contributed by atoms with van der Waals surface area (Å²) in [7, 11) is 0. The maximum Gasteiger partial charge on any atom is 0.339 e. The Balaban J connectivity index is 2.08. The molecule has 0 radical (unpaired) electrons. The van der Waals surface area contributed by atoms with Crippen molar-refractivity contribution in [3.05, 3.63) is 60.2 Å². The van der Waals surface area contributed by atoms with Crippen LogP contribution in [0.3, 0.4) is 0 Å². The first kappa shape index (κ1) is 14.1. The molecule has 108 valence electrons. The van der Waals surface area contributed by atoms with Gasteiger partial charge in [-0.15, -0.1) is 0 Å². The molecule has 0 saturated carbocycles. The van der Waals surface area contributed by atoms with Crippen LogP contribution in [0.1, 0.15) is 23.2 Å². The zero-order chi connectivity index (χ0) is 15.4. The van der Waals surface area contributed by atoms with Crippen LogP contribution < -0.4 is 0 Å². The fraction of sp³-hybridized carbons (Fsp3) is 0.158. The van der Waals surface area contributed by atoms with Crippen LogP contribution in [0.2, 0.25) is 0 Å². The Hall–Kier alpha value is -2.86. The third kappa shape index (κ3) is 2.64. The number of carbonyl (C=O) groups is 1. The van der Waals surface area contributed by atoms with Crippen molar-refractivity contribution in [3.63, 3.8) is 0 Å². The summed E-state index contributed by atoms with van der Waals surface area (Å²) < 4.78 is 5.36. The van der Waals surface area contributed by atoms with Crippen molar-refractivity contribution in [2.45, 2.75) is 12.8 Å². The lowest BCUT2D eigenvalue weighted by molar-refractivity contribution is 0.0506. The van der Waals surface area contributed by atoms with Gasteiger partial charge in [-0.05, 0) is 34.0 Å². The smallest absolute Gasteiger partial charge is 0.339 e. The van der Waals surface area contributed by atoms with Gasteiger partial charge in [0.2, 0.25) is 0 Å². The van der Waals surface area contributed by atoms with E-state index >= 15 is 0 Å². The van der Waals surface area contributed by atoms with Crippen molar-refractivity contribution in [1.29, 1.82) is 5.26 Å². The van der Waals surface area contributed by atoms with Crippen LogP contribution in [0.4, 0.5) is 0 Å². The van der Waals surface area contributed by atoms with Crippen molar-refractivity contribution in [1.82, 2.24) is 0 Å². The third-order valence-corrected chi connectivity index (χ3v) is 3.64. The van der Waals surface area contributed by atoms with Crippen LogP contribution in [0.15, 0.2) is 54.6 Å². The number of benzene rings is 3. The Morgan fingerprint density at radius 3 is 2.18 bits per heavy atom. The zero-order valence-corrected chi connectivity index (χ0v) is 12.1. The number of esters is 1. The van der Waals surface area contributed by atoms with Crippen molar-refractivity contribution >= 4 is 27.5 Å². The third-order valence-electron chi connectivity index (χ3n) is 3.64. The van der Waals surface area contributed by atoms with E-state index in [2.05, 4.69) is 6.07 Å². The average Bonchev–Trinajstić information content (AvgIpc) is 2.56. The lowest BCUT2D eigenvalue weighted by atomic mass is 9.97. The summed E-state index contributed by atoms with van der Waals surface area (Å²) in [4.78, 5) is 12.5. The van der Waals surface area contributed by atoms with Gasteiger partial charge in [-0.1, -0.05) is 48.5 Å². The molecule has 0 amide bonds. The minimum Gasteiger partial charge on any atom is -0.462 e. The second kappa shape index (κ2) is 6.28. The molecule has 0 fully saturated rings. The molecular weight excluding hydrogens is 274 g/mol. The monoisotopic (exact) mass is 289 g/mol. The van der Waals surface area contributed by atoms with Gasteiger partial charge >= 0.3 is 5.97 Å². The molecule has 0 spiro atoms. The Morgan fingerprint density at radius 1 is 1.00 bits per heavy atom. The Kier molecular flexibility index (Phi) is 4.02. The van der Waals surface area contributed by atoms with Crippen LogP contribution in [0.5, 0.6) is 0 Å². The topological polar surface area (TPSA) is 50.1 Å². The molecule has 0 unspecified atom stereocenters. The molecule has 0 aliphatic carbocycles. The number of carbonyl (C=O) groups excluding carboxylic acids is 1. The molecule has 3 aromatic rings. The summed E-state index contributed by atoms with van der Waals surface area (Å²) in [5.74, 6) is -0.328. The van der Waals surface area contributed by atoms with Gasteiger partial charge in [0.05, 0.1) is 18.2 Å². The van der Waals surface area contributed by atoms with Gasteiger partial charge in [0.25, 0.3) is 0 Å². The number of fused-ring (bicyclic) bond motifs is 2.